The lowest BCUT2D eigenvalue weighted by molar-refractivity contribution is -0.121. The van der Waals surface area contributed by atoms with Crippen molar-refractivity contribution in [2.45, 2.75) is 38.8 Å². The Hall–Kier alpha value is -0.940. The highest BCUT2D eigenvalue weighted by Gasteiger charge is 2.05. The van der Waals surface area contributed by atoms with Gasteiger partial charge in [0.25, 0.3) is 0 Å². The second-order valence-electron chi connectivity index (χ2n) is 4.38. The third kappa shape index (κ3) is 5.60. The first-order valence-corrected chi connectivity index (χ1v) is 6.74. The van der Waals surface area contributed by atoms with Crippen LogP contribution in [0.2, 0.25) is 0 Å². The maximum atomic E-state index is 13.0. The number of hydrogen-bond donors (Lipinski definition) is 2. The molecule has 1 aromatic rings. The SMILES string of the molecule is CC(N)CCCC(=O)NCc1cc(F)ccc1Br. The molecule has 0 saturated heterocycles. The van der Waals surface area contributed by atoms with Crippen LogP contribution in [-0.4, -0.2) is 11.9 Å². The van der Waals surface area contributed by atoms with E-state index in [4.69, 9.17) is 5.73 Å². The summed E-state index contributed by atoms with van der Waals surface area (Å²) in [6.07, 6.45) is 2.05. The van der Waals surface area contributed by atoms with E-state index in [2.05, 4.69) is 21.2 Å². The molecule has 1 unspecified atom stereocenters. The molecule has 1 atom stereocenters. The average Bonchev–Trinajstić information content (AvgIpc) is 2.30. The molecule has 0 aliphatic carbocycles. The van der Waals surface area contributed by atoms with Gasteiger partial charge in [-0.25, -0.2) is 4.39 Å². The Kier molecular flexibility index (Phi) is 6.29. The van der Waals surface area contributed by atoms with Crippen LogP contribution in [0.3, 0.4) is 0 Å². The summed E-state index contributed by atoms with van der Waals surface area (Å²) >= 11 is 3.32. The van der Waals surface area contributed by atoms with Gasteiger partial charge >= 0.3 is 0 Å². The lowest BCUT2D eigenvalue weighted by Gasteiger charge is -2.08. The van der Waals surface area contributed by atoms with Gasteiger partial charge in [0.1, 0.15) is 5.82 Å². The zero-order valence-corrected chi connectivity index (χ0v) is 12.0. The van der Waals surface area contributed by atoms with Crippen LogP contribution in [0.1, 0.15) is 31.7 Å². The van der Waals surface area contributed by atoms with Crippen molar-refractivity contribution in [2.75, 3.05) is 0 Å². The van der Waals surface area contributed by atoms with Gasteiger partial charge in [0.15, 0.2) is 0 Å². The number of nitrogens with one attached hydrogen (secondary N) is 1. The van der Waals surface area contributed by atoms with Crippen LogP contribution in [0.15, 0.2) is 22.7 Å². The number of halogens is 2. The van der Waals surface area contributed by atoms with Crippen LogP contribution >= 0.6 is 15.9 Å². The molecule has 0 spiro atoms. The zero-order valence-electron chi connectivity index (χ0n) is 10.4. The van der Waals surface area contributed by atoms with Gasteiger partial charge in [0.2, 0.25) is 5.91 Å². The summed E-state index contributed by atoms with van der Waals surface area (Å²) in [6, 6.07) is 4.53. The van der Waals surface area contributed by atoms with Crippen LogP contribution in [0, 0.1) is 5.82 Å². The molecule has 1 rings (SSSR count). The van der Waals surface area contributed by atoms with E-state index in [1.54, 1.807) is 6.07 Å². The lowest BCUT2D eigenvalue weighted by atomic mass is 10.1. The average molecular weight is 317 g/mol. The molecule has 3 N–H and O–H groups in total. The van der Waals surface area contributed by atoms with E-state index in [1.165, 1.54) is 12.1 Å². The Morgan fingerprint density at radius 1 is 1.56 bits per heavy atom. The number of nitrogens with two attached hydrogens (primary N) is 1. The van der Waals surface area contributed by atoms with Gasteiger partial charge < -0.3 is 11.1 Å². The normalized spacial score (nSPS) is 12.2. The second-order valence-corrected chi connectivity index (χ2v) is 5.24. The first-order chi connectivity index (χ1) is 8.49. The largest absolute Gasteiger partial charge is 0.352 e. The van der Waals surface area contributed by atoms with Crippen molar-refractivity contribution in [1.82, 2.24) is 5.32 Å². The molecule has 0 bridgehead atoms. The van der Waals surface area contributed by atoms with Gasteiger partial charge in [-0.15, -0.1) is 0 Å². The maximum Gasteiger partial charge on any atom is 0.220 e. The van der Waals surface area contributed by atoms with Gasteiger partial charge in [-0.2, -0.15) is 0 Å². The topological polar surface area (TPSA) is 55.1 Å². The third-order valence-corrected chi connectivity index (χ3v) is 3.32. The monoisotopic (exact) mass is 316 g/mol. The van der Waals surface area contributed by atoms with Crippen molar-refractivity contribution >= 4 is 21.8 Å². The zero-order chi connectivity index (χ0) is 13.5. The van der Waals surface area contributed by atoms with Crippen LogP contribution in [0.4, 0.5) is 4.39 Å². The Morgan fingerprint density at radius 2 is 2.28 bits per heavy atom. The molecular formula is C13H18BrFN2O. The van der Waals surface area contributed by atoms with Gasteiger partial charge in [-0.1, -0.05) is 15.9 Å². The molecule has 18 heavy (non-hydrogen) atoms. The Bertz CT molecular complexity index is 410. The minimum atomic E-state index is -0.306. The van der Waals surface area contributed by atoms with Crippen LogP contribution < -0.4 is 11.1 Å². The van der Waals surface area contributed by atoms with Crippen molar-refractivity contribution in [3.63, 3.8) is 0 Å². The van der Waals surface area contributed by atoms with E-state index >= 15 is 0 Å². The molecule has 5 heteroatoms. The van der Waals surface area contributed by atoms with Crippen molar-refractivity contribution in [1.29, 1.82) is 0 Å². The van der Waals surface area contributed by atoms with Crippen LogP contribution in [0.25, 0.3) is 0 Å². The Labute approximate surface area is 115 Å². The number of carbonyl (C=O) groups excluding carboxylic acids is 1. The molecule has 0 fully saturated rings. The molecule has 3 nitrogen and oxygen atoms in total. The minimum absolute atomic E-state index is 0.0354. The van der Waals surface area contributed by atoms with Gasteiger partial charge in [-0.05, 0) is 43.5 Å². The maximum absolute atomic E-state index is 13.0. The summed E-state index contributed by atoms with van der Waals surface area (Å²) in [7, 11) is 0. The highest BCUT2D eigenvalue weighted by molar-refractivity contribution is 9.10. The first-order valence-electron chi connectivity index (χ1n) is 5.95. The van der Waals surface area contributed by atoms with Crippen LogP contribution in [-0.2, 0) is 11.3 Å². The fourth-order valence-electron chi connectivity index (χ4n) is 1.55. The molecular weight excluding hydrogens is 299 g/mol. The third-order valence-electron chi connectivity index (χ3n) is 2.55. The second kappa shape index (κ2) is 7.48. The van der Waals surface area contributed by atoms with E-state index in [1.807, 2.05) is 6.92 Å². The van der Waals surface area contributed by atoms with Gasteiger partial charge in [0.05, 0.1) is 0 Å². The molecule has 1 amide bonds. The number of rotatable bonds is 6. The number of hydrogen-bond acceptors (Lipinski definition) is 2. The Balaban J connectivity index is 2.36. The van der Waals surface area contributed by atoms with E-state index in [0.717, 1.165) is 22.9 Å². The molecule has 0 aliphatic rings. The number of carbonyl (C=O) groups is 1. The molecule has 1 aromatic carbocycles. The van der Waals surface area contributed by atoms with Crippen LogP contribution in [0.5, 0.6) is 0 Å². The molecule has 0 aromatic heterocycles. The Morgan fingerprint density at radius 3 is 2.94 bits per heavy atom. The quantitative estimate of drug-likeness (QED) is 0.847. The van der Waals surface area contributed by atoms with Gasteiger partial charge in [0, 0.05) is 23.5 Å². The minimum Gasteiger partial charge on any atom is -0.352 e. The summed E-state index contributed by atoms with van der Waals surface area (Å²) < 4.78 is 13.8. The highest BCUT2D eigenvalue weighted by Crippen LogP contribution is 2.17. The van der Waals surface area contributed by atoms with E-state index in [9.17, 15) is 9.18 Å². The molecule has 0 saturated carbocycles. The van der Waals surface area contributed by atoms with Crippen molar-refractivity contribution < 1.29 is 9.18 Å². The van der Waals surface area contributed by atoms with E-state index in [0.29, 0.717) is 13.0 Å². The molecule has 100 valence electrons. The van der Waals surface area contributed by atoms with E-state index < -0.39 is 0 Å². The van der Waals surface area contributed by atoms with Gasteiger partial charge in [-0.3, -0.25) is 4.79 Å². The predicted octanol–water partition coefficient (Wildman–Crippen LogP) is 2.72. The fraction of sp³-hybridized carbons (Fsp3) is 0.462. The molecule has 0 aliphatic heterocycles. The summed E-state index contributed by atoms with van der Waals surface area (Å²) in [5.41, 5.74) is 6.33. The molecule has 0 heterocycles. The summed E-state index contributed by atoms with van der Waals surface area (Å²) in [6.45, 7) is 2.25. The number of benzene rings is 1. The smallest absolute Gasteiger partial charge is 0.220 e. The lowest BCUT2D eigenvalue weighted by Crippen LogP contribution is -2.23. The highest BCUT2D eigenvalue weighted by atomic mass is 79.9. The summed E-state index contributed by atoms with van der Waals surface area (Å²) in [4.78, 5) is 11.5. The summed E-state index contributed by atoms with van der Waals surface area (Å²) in [5, 5.41) is 2.76. The van der Waals surface area contributed by atoms with E-state index in [-0.39, 0.29) is 17.8 Å². The van der Waals surface area contributed by atoms with Crippen molar-refractivity contribution in [2.24, 2.45) is 5.73 Å². The van der Waals surface area contributed by atoms with Crippen molar-refractivity contribution in [3.05, 3.63) is 34.1 Å². The van der Waals surface area contributed by atoms with Crippen molar-refractivity contribution in [3.8, 4) is 0 Å². The fourth-order valence-corrected chi connectivity index (χ4v) is 1.93. The molecule has 0 radical (unpaired) electrons. The number of amides is 1. The first kappa shape index (κ1) is 15.1. The standard InChI is InChI=1S/C13H18BrFN2O/c1-9(16)3-2-4-13(18)17-8-10-7-11(15)5-6-12(10)14/h5-7,9H,2-4,8,16H2,1H3,(H,17,18). The predicted molar refractivity (Wildman–Crippen MR) is 73.4 cm³/mol. The summed E-state index contributed by atoms with van der Waals surface area (Å²) in [5.74, 6) is -0.341.